The molecule has 0 N–H and O–H groups in total. The van der Waals surface area contributed by atoms with E-state index in [1.54, 1.807) is 0 Å². The van der Waals surface area contributed by atoms with Crippen molar-refractivity contribution in [1.29, 1.82) is 10.5 Å². The van der Waals surface area contributed by atoms with Crippen molar-refractivity contribution in [2.75, 3.05) is 0 Å². The van der Waals surface area contributed by atoms with Gasteiger partial charge in [-0.15, -0.1) is 0 Å². The van der Waals surface area contributed by atoms with E-state index in [4.69, 9.17) is 90.5 Å². The van der Waals surface area contributed by atoms with E-state index < -0.39 is 86.5 Å². The number of nitrogens with zero attached hydrogens (tertiary/aromatic N) is 2. The third-order valence-electron chi connectivity index (χ3n) is 39.9. The predicted octanol–water partition coefficient (Wildman–Crippen LogP) is 5.01. The lowest BCUT2D eigenvalue weighted by Gasteiger charge is -2.41. The molecule has 51 atom stereocenters. The lowest BCUT2D eigenvalue weighted by molar-refractivity contribution is -0.170. The first-order chi connectivity index (χ1) is 59.3. The van der Waals surface area contributed by atoms with Crippen molar-refractivity contribution in [3.63, 3.8) is 0 Å². The molecule has 0 aromatic heterocycles. The lowest BCUT2D eigenvalue weighted by Crippen LogP contribution is -2.49. The normalized spacial score (nSPS) is 57.4. The van der Waals surface area contributed by atoms with Gasteiger partial charge in [0, 0.05) is 64.6 Å². The van der Waals surface area contributed by atoms with Crippen LogP contribution in [-0.4, -0.2) is 212 Å². The zero-order valence-corrected chi connectivity index (χ0v) is 72.1. The van der Waals surface area contributed by atoms with Gasteiger partial charge in [-0.1, -0.05) is 62.3 Å². The number of hydrogen-bond donors (Lipinski definition) is 0. The Labute approximate surface area is 720 Å². The minimum absolute atomic E-state index is 0.00409. The van der Waals surface area contributed by atoms with E-state index in [2.05, 4.69) is 67.5 Å². The molecule has 0 radical (unpaired) electrons. The Kier molecular flexibility index (Phi) is 16.9. The minimum atomic E-state index is -3.64. The average Bonchev–Trinajstić information content (AvgIpc) is 1.52. The smallest absolute Gasteiger partial charge is 0.329 e. The Balaban J connectivity index is 0.0000000835. The zero-order valence-electron chi connectivity index (χ0n) is 71.3. The highest BCUT2D eigenvalue weighted by molar-refractivity contribution is 7.87. The summed E-state index contributed by atoms with van der Waals surface area (Å²) in [5.41, 5.74) is -2.08. The highest BCUT2D eigenvalue weighted by Crippen LogP contribution is 2.71. The van der Waals surface area contributed by atoms with E-state index >= 15 is 0 Å². The van der Waals surface area contributed by atoms with Crippen molar-refractivity contribution in [1.82, 2.24) is 0 Å². The molecule has 30 rings (SSSR count). The summed E-state index contributed by atoms with van der Waals surface area (Å²) in [4.78, 5) is 145. The number of ether oxygens (including phenoxy) is 16. The van der Waals surface area contributed by atoms with Crippen LogP contribution in [0.15, 0.2) is 0 Å². The molecule has 33 nitrogen and oxygen atoms in total. The quantitative estimate of drug-likeness (QED) is 0.191. The summed E-state index contributed by atoms with van der Waals surface area (Å²) in [5.74, 6) is -0.594. The number of carbonyl (C=O) groups excluding carboxylic acids is 12. The van der Waals surface area contributed by atoms with Gasteiger partial charge < -0.3 is 75.8 Å². The van der Waals surface area contributed by atoms with Crippen molar-refractivity contribution >= 4 is 81.7 Å². The number of carbonyl (C=O) groups is 12. The fourth-order valence-electron chi connectivity index (χ4n) is 32.6. The lowest BCUT2D eigenvalue weighted by atomic mass is 9.65. The van der Waals surface area contributed by atoms with Crippen molar-refractivity contribution < 1.29 is 146 Å². The number of rotatable bonds is 6. The number of nitriles is 2. The van der Waals surface area contributed by atoms with Gasteiger partial charge in [0.1, 0.15) is 89.7 Å². The van der Waals surface area contributed by atoms with Gasteiger partial charge in [-0.05, 0) is 144 Å². The molecule has 125 heavy (non-hydrogen) atoms. The number of hydrogen-bond acceptors (Lipinski definition) is 33. The first-order valence-electron chi connectivity index (χ1n) is 46.1. The van der Waals surface area contributed by atoms with Gasteiger partial charge in [0.15, 0.2) is 29.1 Å². The molecule has 0 aromatic rings. The van der Waals surface area contributed by atoms with Crippen LogP contribution >= 0.6 is 0 Å². The SMILES string of the molecule is CC1(C)C2CC3C(=O)OC1(C)C3C2.CC1(C)C2CC3C(=O)OC1(C)C3O2.CC1C2CC3(C#N)C(=O)OC1C3O2.CC1C2CC3C1OC(=O)C3(C#N)C2.CC1C2CC3C1OC(=O)C3C2C(=O)OC1C2CC3C(=O)OC1C3C2.CC1C2CC3C1OC(=O)C3C2C(=O)OC1C2CC3C(=O)OC1C3O2.CC1C2CC3C1OC(=O)C3C2C(=O)OC1C2CC3C(O2)C1OS3(=O)=O. The highest BCUT2D eigenvalue weighted by atomic mass is 32.2. The fraction of sp³-hybridized carbons (Fsp3) is 0.846. The molecule has 18 saturated heterocycles. The molecule has 12 saturated carbocycles. The molecule has 18 heterocycles. The van der Waals surface area contributed by atoms with Crippen LogP contribution in [0.3, 0.4) is 0 Å². The third kappa shape index (κ3) is 10.1. The molecule has 18 aliphatic heterocycles. The topological polar surface area (TPSA) is 443 Å². The second-order valence-electron chi connectivity index (χ2n) is 44.6. The molecular formula is C91H106N2O31S. The molecular weight excluding hydrogens is 1650 g/mol. The summed E-state index contributed by atoms with van der Waals surface area (Å²) in [7, 11) is -3.64. The Bertz CT molecular complexity index is 4840. The Hall–Kier alpha value is -7.63. The molecule has 20 bridgehead atoms. The van der Waals surface area contributed by atoms with Gasteiger partial charge in [0.2, 0.25) is 0 Å². The van der Waals surface area contributed by atoms with Crippen molar-refractivity contribution in [3.05, 3.63) is 0 Å². The Morgan fingerprint density at radius 1 is 0.376 bits per heavy atom. The Morgan fingerprint density at radius 3 is 1.45 bits per heavy atom. The van der Waals surface area contributed by atoms with Crippen LogP contribution in [0.25, 0.3) is 0 Å². The van der Waals surface area contributed by atoms with E-state index in [0.717, 1.165) is 57.8 Å². The van der Waals surface area contributed by atoms with E-state index in [1.165, 1.54) is 6.42 Å². The van der Waals surface area contributed by atoms with Crippen molar-refractivity contribution in [3.8, 4) is 12.1 Å². The summed E-state index contributed by atoms with van der Waals surface area (Å²) in [5, 5.41) is 17.4. The minimum Gasteiger partial charge on any atom is -0.462 e. The maximum absolute atomic E-state index is 12.9. The monoisotopic (exact) mass is 1750 g/mol. The van der Waals surface area contributed by atoms with E-state index in [0.29, 0.717) is 42.9 Å². The highest BCUT2D eigenvalue weighted by Gasteiger charge is 2.79. The second-order valence-corrected chi connectivity index (χ2v) is 46.4. The summed E-state index contributed by atoms with van der Waals surface area (Å²) in [6.45, 7) is 23.2. The maximum Gasteiger partial charge on any atom is 0.329 e. The van der Waals surface area contributed by atoms with Gasteiger partial charge in [0.25, 0.3) is 10.1 Å². The molecule has 12 aliphatic carbocycles. The summed E-state index contributed by atoms with van der Waals surface area (Å²) in [6.07, 6.45) is 5.66. The zero-order chi connectivity index (χ0) is 87.2. The van der Waals surface area contributed by atoms with Crippen LogP contribution in [-0.2, 0) is 148 Å². The summed E-state index contributed by atoms with van der Waals surface area (Å²) in [6, 6.07) is 4.27. The van der Waals surface area contributed by atoms with Crippen LogP contribution in [0.4, 0.5) is 0 Å². The summed E-state index contributed by atoms with van der Waals surface area (Å²) >= 11 is 0. The van der Waals surface area contributed by atoms with Crippen LogP contribution in [0.5, 0.6) is 0 Å². The standard InChI is InChI=1S/C18H20O6.C17H18O7.C16H18O8S.C11H16O2.C10H11NO2.C10H14O3.C9H9NO3/c1-5-7-4-10-12(18(21)22-13(5)10)11(7)17(20)23-14-6-2-8-9(3-6)16(19)24-15(8)14;1-4-5-2-6-10(17(20)22-11(4)6)9(5)16(19)23-13-8-3-7-12(21-8)14(13)24-15(7)18;1-4-5-2-6-10(16(18)22-11(4)6)9(5)15(17)23-12-7-3-8-13(21-7)14(12)24-25(8,19)20;1-10(2)6-4-7-8(5-6)11(10,3)13-9(7)12;1-5-6-2-7-8(5)13-9(12)10(7,3-6)4-11;1-9(2)6-4-5-7(12-6)10(9,3)13-8(5)11;1-4-5-2-9(3-10)7(12-5)6(4)13-8(9)11/h5-15H,2-4H2,1H3;4-14H,2-3H2,1H3;4-14H,2-3H2,1H3;6-8H,4-5H2,1-3H3;5-8H,2-3H2,1H3;5-7H,4H2,1-3H3;4-7H,2H2,1H3. The molecule has 672 valence electrons. The fourth-order valence-corrected chi connectivity index (χ4v) is 34.3. The van der Waals surface area contributed by atoms with Crippen LogP contribution in [0.1, 0.15) is 160 Å². The summed E-state index contributed by atoms with van der Waals surface area (Å²) < 4.78 is 118. The van der Waals surface area contributed by atoms with E-state index in [1.807, 2.05) is 20.8 Å². The largest absolute Gasteiger partial charge is 0.462 e. The van der Waals surface area contributed by atoms with Gasteiger partial charge in [-0.2, -0.15) is 18.9 Å². The van der Waals surface area contributed by atoms with Crippen molar-refractivity contribution in [2.45, 2.75) is 292 Å². The molecule has 51 unspecified atom stereocenters. The average molecular weight is 1760 g/mol. The predicted molar refractivity (Wildman–Crippen MR) is 406 cm³/mol. The molecule has 34 heteroatoms. The van der Waals surface area contributed by atoms with Crippen LogP contribution in [0, 0.1) is 204 Å². The maximum atomic E-state index is 12.9. The van der Waals surface area contributed by atoms with Gasteiger partial charge in [-0.25, -0.2) is 0 Å². The molecule has 30 aliphatic rings. The van der Waals surface area contributed by atoms with E-state index in [9.17, 15) is 66.0 Å². The molecule has 30 fully saturated rings. The van der Waals surface area contributed by atoms with Crippen LogP contribution < -0.4 is 0 Å². The Morgan fingerprint density at radius 2 is 0.896 bits per heavy atom. The van der Waals surface area contributed by atoms with Crippen molar-refractivity contribution in [2.24, 2.45) is 181 Å². The molecule has 0 aromatic carbocycles. The first-order valence-corrected chi connectivity index (χ1v) is 47.6. The number of fused-ring (bicyclic) bond motifs is 10. The second kappa shape index (κ2) is 26.2. The van der Waals surface area contributed by atoms with Gasteiger partial charge in [0.05, 0.1) is 95.7 Å². The third-order valence-corrected chi connectivity index (χ3v) is 41.6. The van der Waals surface area contributed by atoms with E-state index in [-0.39, 0.29) is 285 Å². The van der Waals surface area contributed by atoms with Gasteiger partial charge in [-0.3, -0.25) is 61.7 Å². The number of esters is 12. The van der Waals surface area contributed by atoms with Crippen LogP contribution in [0.2, 0.25) is 0 Å². The first kappa shape index (κ1) is 80.7. The van der Waals surface area contributed by atoms with Gasteiger partial charge >= 0.3 is 71.6 Å². The molecule has 0 amide bonds. The molecule has 0 spiro atoms.